The van der Waals surface area contributed by atoms with Crippen LogP contribution in [0.1, 0.15) is 14.5 Å². The summed E-state index contributed by atoms with van der Waals surface area (Å²) in [6, 6.07) is 1.96. The maximum Gasteiger partial charge on any atom is 0.264 e. The van der Waals surface area contributed by atoms with E-state index in [1.807, 2.05) is 13.0 Å². The van der Waals surface area contributed by atoms with Crippen LogP contribution in [0.2, 0.25) is 0 Å². The molecule has 1 amide bonds. The Labute approximate surface area is 84.3 Å². The van der Waals surface area contributed by atoms with E-state index < -0.39 is 0 Å². The van der Waals surface area contributed by atoms with E-state index in [2.05, 4.69) is 15.9 Å². The highest BCUT2D eigenvalue weighted by Gasteiger charge is 2.14. The molecule has 0 bridgehead atoms. The minimum atomic E-state index is 0.0555. The molecule has 0 fully saturated rings. The monoisotopic (exact) mass is 247 g/mol. The van der Waals surface area contributed by atoms with E-state index in [0.29, 0.717) is 0 Å². The SMILES string of the molecule is Cc1cc(Br)c(C(=O)N(C)C)s1. The third-order valence-corrected chi connectivity index (χ3v) is 3.34. The quantitative estimate of drug-likeness (QED) is 0.747. The Hall–Kier alpha value is -0.350. The summed E-state index contributed by atoms with van der Waals surface area (Å²) in [5.74, 6) is 0.0555. The summed E-state index contributed by atoms with van der Waals surface area (Å²) in [5, 5.41) is 0. The number of rotatable bonds is 1. The fourth-order valence-corrected chi connectivity index (χ4v) is 2.66. The van der Waals surface area contributed by atoms with Crippen LogP contribution < -0.4 is 0 Å². The normalized spacial score (nSPS) is 10.0. The van der Waals surface area contributed by atoms with Gasteiger partial charge < -0.3 is 4.90 Å². The van der Waals surface area contributed by atoms with E-state index in [1.165, 1.54) is 11.3 Å². The Morgan fingerprint density at radius 1 is 1.58 bits per heavy atom. The fourth-order valence-electron chi connectivity index (χ4n) is 0.832. The van der Waals surface area contributed by atoms with Crippen molar-refractivity contribution in [3.8, 4) is 0 Å². The fraction of sp³-hybridized carbons (Fsp3) is 0.375. The average molecular weight is 248 g/mol. The Morgan fingerprint density at radius 3 is 2.50 bits per heavy atom. The molecular formula is C8H10BrNOS. The lowest BCUT2D eigenvalue weighted by atomic mass is 10.4. The number of aryl methyl sites for hydroxylation is 1. The minimum Gasteiger partial charge on any atom is -0.344 e. The zero-order valence-corrected chi connectivity index (χ0v) is 9.62. The first-order valence-electron chi connectivity index (χ1n) is 3.50. The van der Waals surface area contributed by atoms with Crippen LogP contribution in [0.4, 0.5) is 0 Å². The number of nitrogens with zero attached hydrogens (tertiary/aromatic N) is 1. The summed E-state index contributed by atoms with van der Waals surface area (Å²) in [7, 11) is 3.51. The zero-order chi connectivity index (χ0) is 9.30. The van der Waals surface area contributed by atoms with Gasteiger partial charge in [-0.2, -0.15) is 0 Å². The van der Waals surface area contributed by atoms with Gasteiger partial charge in [-0.3, -0.25) is 4.79 Å². The molecule has 0 aliphatic heterocycles. The van der Waals surface area contributed by atoms with Crippen molar-refractivity contribution in [1.29, 1.82) is 0 Å². The molecule has 0 aliphatic carbocycles. The Balaban J connectivity index is 3.02. The van der Waals surface area contributed by atoms with E-state index in [0.717, 1.165) is 14.2 Å². The average Bonchev–Trinajstić information content (AvgIpc) is 2.28. The molecular weight excluding hydrogens is 238 g/mol. The molecule has 12 heavy (non-hydrogen) atoms. The summed E-state index contributed by atoms with van der Waals surface area (Å²) in [4.78, 5) is 15.0. The smallest absolute Gasteiger partial charge is 0.264 e. The predicted molar refractivity (Wildman–Crippen MR) is 54.8 cm³/mol. The van der Waals surface area contributed by atoms with Crippen LogP contribution in [0.15, 0.2) is 10.5 Å². The molecule has 0 saturated heterocycles. The van der Waals surface area contributed by atoms with Crippen molar-refractivity contribution in [2.45, 2.75) is 6.92 Å². The number of carbonyl (C=O) groups excluding carboxylic acids is 1. The van der Waals surface area contributed by atoms with Gasteiger partial charge >= 0.3 is 0 Å². The van der Waals surface area contributed by atoms with Crippen LogP contribution in [0.25, 0.3) is 0 Å². The molecule has 0 aliphatic rings. The molecule has 0 saturated carbocycles. The standard InChI is InChI=1S/C8H10BrNOS/c1-5-4-6(9)7(12-5)8(11)10(2)3/h4H,1-3H3. The van der Waals surface area contributed by atoms with Crippen molar-refractivity contribution in [2.75, 3.05) is 14.1 Å². The maximum atomic E-state index is 11.5. The van der Waals surface area contributed by atoms with Crippen LogP contribution in [0, 0.1) is 6.92 Å². The van der Waals surface area contributed by atoms with Gasteiger partial charge in [0.05, 0.1) is 0 Å². The summed E-state index contributed by atoms with van der Waals surface area (Å²) in [5.41, 5.74) is 0. The second kappa shape index (κ2) is 3.58. The molecule has 2 nitrogen and oxygen atoms in total. The third-order valence-electron chi connectivity index (χ3n) is 1.41. The molecule has 1 rings (SSSR count). The number of halogens is 1. The number of hydrogen-bond acceptors (Lipinski definition) is 2. The highest BCUT2D eigenvalue weighted by atomic mass is 79.9. The van der Waals surface area contributed by atoms with Crippen LogP contribution in [0.5, 0.6) is 0 Å². The highest BCUT2D eigenvalue weighted by molar-refractivity contribution is 9.10. The van der Waals surface area contributed by atoms with E-state index in [4.69, 9.17) is 0 Å². The van der Waals surface area contributed by atoms with Gasteiger partial charge in [-0.05, 0) is 28.9 Å². The third kappa shape index (κ3) is 1.87. The van der Waals surface area contributed by atoms with Gasteiger partial charge in [0.25, 0.3) is 5.91 Å². The number of thiophene rings is 1. The van der Waals surface area contributed by atoms with Crippen molar-refractivity contribution in [3.63, 3.8) is 0 Å². The van der Waals surface area contributed by atoms with E-state index in [-0.39, 0.29) is 5.91 Å². The van der Waals surface area contributed by atoms with Gasteiger partial charge in [0.15, 0.2) is 0 Å². The van der Waals surface area contributed by atoms with Crippen LogP contribution >= 0.6 is 27.3 Å². The number of hydrogen-bond donors (Lipinski definition) is 0. The van der Waals surface area contributed by atoms with Crippen LogP contribution in [-0.4, -0.2) is 24.9 Å². The van der Waals surface area contributed by atoms with Crippen molar-refractivity contribution in [1.82, 2.24) is 4.90 Å². The van der Waals surface area contributed by atoms with Gasteiger partial charge in [-0.15, -0.1) is 11.3 Å². The zero-order valence-electron chi connectivity index (χ0n) is 7.22. The molecule has 4 heteroatoms. The van der Waals surface area contributed by atoms with E-state index in [9.17, 15) is 4.79 Å². The summed E-state index contributed by atoms with van der Waals surface area (Å²) >= 11 is 4.86. The van der Waals surface area contributed by atoms with E-state index >= 15 is 0 Å². The first kappa shape index (κ1) is 9.74. The lowest BCUT2D eigenvalue weighted by molar-refractivity contribution is 0.0831. The molecule has 0 N–H and O–H groups in total. The van der Waals surface area contributed by atoms with Crippen molar-refractivity contribution in [3.05, 3.63) is 20.3 Å². The first-order valence-corrected chi connectivity index (χ1v) is 5.11. The molecule has 1 heterocycles. The lowest BCUT2D eigenvalue weighted by Crippen LogP contribution is -2.20. The second-order valence-corrected chi connectivity index (χ2v) is 4.84. The van der Waals surface area contributed by atoms with Crippen LogP contribution in [0.3, 0.4) is 0 Å². The Morgan fingerprint density at radius 2 is 2.17 bits per heavy atom. The Bertz CT molecular complexity index is 306. The molecule has 66 valence electrons. The maximum absolute atomic E-state index is 11.5. The Kier molecular flexibility index (Phi) is 2.90. The lowest BCUT2D eigenvalue weighted by Gasteiger charge is -2.07. The van der Waals surface area contributed by atoms with Crippen molar-refractivity contribution < 1.29 is 4.79 Å². The molecule has 0 atom stereocenters. The molecule has 0 unspecified atom stereocenters. The van der Waals surface area contributed by atoms with Crippen molar-refractivity contribution in [2.24, 2.45) is 0 Å². The molecule has 1 aromatic heterocycles. The molecule has 0 radical (unpaired) electrons. The second-order valence-electron chi connectivity index (χ2n) is 2.73. The molecule has 0 aromatic carbocycles. The van der Waals surface area contributed by atoms with E-state index in [1.54, 1.807) is 19.0 Å². The minimum absolute atomic E-state index is 0.0555. The van der Waals surface area contributed by atoms with Crippen LogP contribution in [-0.2, 0) is 0 Å². The highest BCUT2D eigenvalue weighted by Crippen LogP contribution is 2.27. The number of carbonyl (C=O) groups is 1. The molecule has 0 spiro atoms. The van der Waals surface area contributed by atoms with Gasteiger partial charge in [-0.25, -0.2) is 0 Å². The first-order chi connectivity index (χ1) is 5.52. The topological polar surface area (TPSA) is 20.3 Å². The number of amides is 1. The largest absolute Gasteiger partial charge is 0.344 e. The van der Waals surface area contributed by atoms with Crippen molar-refractivity contribution >= 4 is 33.2 Å². The summed E-state index contributed by atoms with van der Waals surface area (Å²) < 4.78 is 0.892. The summed E-state index contributed by atoms with van der Waals surface area (Å²) in [6.45, 7) is 1.99. The van der Waals surface area contributed by atoms with Gasteiger partial charge in [-0.1, -0.05) is 0 Å². The summed E-state index contributed by atoms with van der Waals surface area (Å²) in [6.07, 6.45) is 0. The van der Waals surface area contributed by atoms with Gasteiger partial charge in [0, 0.05) is 23.4 Å². The molecule has 1 aromatic rings. The van der Waals surface area contributed by atoms with Gasteiger partial charge in [0.2, 0.25) is 0 Å². The van der Waals surface area contributed by atoms with Gasteiger partial charge in [0.1, 0.15) is 4.88 Å². The predicted octanol–water partition coefficient (Wildman–Crippen LogP) is 2.52.